The summed E-state index contributed by atoms with van der Waals surface area (Å²) >= 11 is -2.37. The smallest absolute Gasteiger partial charge is 1.00 e. The second-order valence-corrected chi connectivity index (χ2v) is 17.1. The summed E-state index contributed by atoms with van der Waals surface area (Å²) in [4.78, 5) is 0. The molecule has 3 heteroatoms. The molecule has 0 heterocycles. The fourth-order valence-corrected chi connectivity index (χ4v) is 15.6. The Kier molecular flexibility index (Phi) is 14.7. The third-order valence-corrected chi connectivity index (χ3v) is 17.4. The number of hydrogen-bond donors (Lipinski definition) is 0. The first kappa shape index (κ1) is 33.1. The van der Waals surface area contributed by atoms with Crippen molar-refractivity contribution in [1.29, 1.82) is 0 Å². The van der Waals surface area contributed by atoms with Crippen LogP contribution in [0.25, 0.3) is 0 Å². The summed E-state index contributed by atoms with van der Waals surface area (Å²) in [6.45, 7) is 9.50. The maximum absolute atomic E-state index is 2.52. The van der Waals surface area contributed by atoms with E-state index in [1.54, 1.807) is 11.1 Å². The van der Waals surface area contributed by atoms with Crippen LogP contribution in [0.5, 0.6) is 0 Å². The molecule has 0 spiro atoms. The van der Waals surface area contributed by atoms with Crippen LogP contribution in [0.4, 0.5) is 0 Å². The van der Waals surface area contributed by atoms with Crippen molar-refractivity contribution < 1.29 is 46.6 Å². The van der Waals surface area contributed by atoms with Crippen LogP contribution in [0.15, 0.2) is 103 Å². The van der Waals surface area contributed by atoms with Crippen LogP contribution in [0.2, 0.25) is 0 Å². The monoisotopic (exact) mass is 625 g/mol. The molecule has 0 aromatic heterocycles. The van der Waals surface area contributed by atoms with Crippen LogP contribution in [0.3, 0.4) is 0 Å². The van der Waals surface area contributed by atoms with Gasteiger partial charge in [-0.15, -0.1) is 0 Å². The number of hydrogen-bond acceptors (Lipinski definition) is 0. The molecule has 38 heavy (non-hydrogen) atoms. The Morgan fingerprint density at radius 3 is 1.29 bits per heavy atom. The predicted octanol–water partition coefficient (Wildman–Crippen LogP) is 4.48. The molecule has 2 aromatic carbocycles. The molecule has 0 amide bonds. The molecule has 0 N–H and O–H groups in total. The van der Waals surface area contributed by atoms with Crippen LogP contribution in [0, 0.1) is 11.8 Å². The summed E-state index contributed by atoms with van der Waals surface area (Å²) < 4.78 is 4.29. The summed E-state index contributed by atoms with van der Waals surface area (Å²) in [5, 5.41) is 0. The molecule has 2 aromatic rings. The Morgan fingerprint density at radius 2 is 0.947 bits per heavy atom. The Labute approximate surface area is 253 Å². The minimum atomic E-state index is -2.37. The molecule has 0 fully saturated rings. The van der Waals surface area contributed by atoms with E-state index in [9.17, 15) is 0 Å². The SMILES string of the molecule is CCC(CC)CC1=[C]([Zr+2]([C]2=C(CC(CC)CC)C=CC2)[CH](c2ccccc2)c2ccccc2)CC=C1.[Cl-].[Cl-]. The topological polar surface area (TPSA) is 0 Å². The zero-order valence-electron chi connectivity index (χ0n) is 23.7. The van der Waals surface area contributed by atoms with E-state index in [2.05, 4.69) is 113 Å². The zero-order chi connectivity index (χ0) is 25.3. The quantitative estimate of drug-likeness (QED) is 0.307. The summed E-state index contributed by atoms with van der Waals surface area (Å²) in [5.74, 6) is 1.60. The van der Waals surface area contributed by atoms with Gasteiger partial charge in [0.05, 0.1) is 0 Å². The molecule has 2 aliphatic carbocycles. The van der Waals surface area contributed by atoms with Gasteiger partial charge in [-0.05, 0) is 0 Å². The van der Waals surface area contributed by atoms with Crippen molar-refractivity contribution in [3.8, 4) is 0 Å². The summed E-state index contributed by atoms with van der Waals surface area (Å²) in [5.41, 5.74) is 6.47. The van der Waals surface area contributed by atoms with Gasteiger partial charge >= 0.3 is 230 Å². The Balaban J connectivity index is 0.00000253. The van der Waals surface area contributed by atoms with Gasteiger partial charge in [0.15, 0.2) is 0 Å². The summed E-state index contributed by atoms with van der Waals surface area (Å²) in [6, 6.07) is 23.0. The number of rotatable bonds is 13. The maximum atomic E-state index is 2.52. The summed E-state index contributed by atoms with van der Waals surface area (Å²) in [7, 11) is 0. The molecular weight excluding hydrogens is 583 g/mol. The Bertz CT molecular complexity index is 1000. The molecule has 0 radical (unpaired) electrons. The van der Waals surface area contributed by atoms with Gasteiger partial charge < -0.3 is 24.8 Å². The van der Waals surface area contributed by atoms with Crippen molar-refractivity contribution in [3.05, 3.63) is 114 Å². The standard InChI is InChI=1S/C13H11.2C11H17.2ClH.Zr/c1-3-7-12(8-4-1)11-13-9-5-2-6-10-13;2*1-3-10(4-2)9-11-7-5-6-8-11;;;/h1-11H;2*5,7,10H,3-4,6,9H2,1-2H3;2*1H;/q;;;;;+2/p-2. The van der Waals surface area contributed by atoms with Crippen molar-refractivity contribution in [1.82, 2.24) is 0 Å². The molecule has 4 rings (SSSR count). The van der Waals surface area contributed by atoms with E-state index in [4.69, 9.17) is 0 Å². The summed E-state index contributed by atoms with van der Waals surface area (Å²) in [6.07, 6.45) is 20.0. The first-order valence-corrected chi connectivity index (χ1v) is 18.3. The minimum Gasteiger partial charge on any atom is -1.00 e. The first-order chi connectivity index (χ1) is 17.7. The van der Waals surface area contributed by atoms with Crippen molar-refractivity contribution in [2.75, 3.05) is 0 Å². The van der Waals surface area contributed by atoms with E-state index in [0.717, 1.165) is 11.8 Å². The third kappa shape index (κ3) is 7.96. The molecule has 203 valence electrons. The molecular formula is C35H45Cl2Zr. The Morgan fingerprint density at radius 1 is 0.579 bits per heavy atom. The molecule has 0 unspecified atom stereocenters. The minimum absolute atomic E-state index is 0. The van der Waals surface area contributed by atoms with Gasteiger partial charge in [0, 0.05) is 0 Å². The second-order valence-electron chi connectivity index (χ2n) is 10.7. The first-order valence-electron chi connectivity index (χ1n) is 14.4. The fourth-order valence-electron chi connectivity index (χ4n) is 6.17. The average Bonchev–Trinajstić information content (AvgIpc) is 3.59. The van der Waals surface area contributed by atoms with Crippen LogP contribution in [-0.2, 0) is 21.8 Å². The molecule has 0 bridgehead atoms. The third-order valence-electron chi connectivity index (χ3n) is 8.59. The molecule has 0 saturated carbocycles. The van der Waals surface area contributed by atoms with Gasteiger partial charge in [-0.3, -0.25) is 0 Å². The average molecular weight is 628 g/mol. The van der Waals surface area contributed by atoms with Crippen molar-refractivity contribution >= 4 is 0 Å². The largest absolute Gasteiger partial charge is 1.00 e. The van der Waals surface area contributed by atoms with Crippen LogP contribution < -0.4 is 24.8 Å². The molecule has 2 aliphatic rings. The van der Waals surface area contributed by atoms with E-state index in [0.29, 0.717) is 3.63 Å². The van der Waals surface area contributed by atoms with Crippen molar-refractivity contribution in [3.63, 3.8) is 0 Å². The normalized spacial score (nSPS) is 14.6. The molecule has 0 nitrogen and oxygen atoms in total. The second kappa shape index (κ2) is 16.8. The van der Waals surface area contributed by atoms with E-state index in [-0.39, 0.29) is 24.8 Å². The van der Waals surface area contributed by atoms with E-state index in [1.165, 1.54) is 62.5 Å². The fraction of sp³-hybridized carbons (Fsp3) is 0.429. The zero-order valence-corrected chi connectivity index (χ0v) is 27.7. The van der Waals surface area contributed by atoms with Gasteiger partial charge in [-0.1, -0.05) is 0 Å². The predicted molar refractivity (Wildman–Crippen MR) is 154 cm³/mol. The molecule has 0 aliphatic heterocycles. The maximum Gasteiger partial charge on any atom is -1.00 e. The van der Waals surface area contributed by atoms with Gasteiger partial charge in [0.25, 0.3) is 0 Å². The number of allylic oxidation sites excluding steroid dienone is 8. The van der Waals surface area contributed by atoms with Crippen LogP contribution in [-0.4, -0.2) is 0 Å². The van der Waals surface area contributed by atoms with Crippen molar-refractivity contribution in [2.24, 2.45) is 11.8 Å². The van der Waals surface area contributed by atoms with Gasteiger partial charge in [-0.2, -0.15) is 0 Å². The van der Waals surface area contributed by atoms with Crippen LogP contribution >= 0.6 is 0 Å². The van der Waals surface area contributed by atoms with E-state index < -0.39 is 21.8 Å². The van der Waals surface area contributed by atoms with Gasteiger partial charge in [-0.25, -0.2) is 0 Å². The van der Waals surface area contributed by atoms with Gasteiger partial charge in [0.1, 0.15) is 0 Å². The van der Waals surface area contributed by atoms with Gasteiger partial charge in [0.2, 0.25) is 0 Å². The number of benzene rings is 2. The van der Waals surface area contributed by atoms with E-state index in [1.807, 2.05) is 6.56 Å². The van der Waals surface area contributed by atoms with Crippen molar-refractivity contribution in [2.45, 2.75) is 82.7 Å². The van der Waals surface area contributed by atoms with Crippen LogP contribution in [0.1, 0.15) is 93.8 Å². The molecule has 0 atom stereocenters. The van der Waals surface area contributed by atoms with E-state index >= 15 is 0 Å². The number of halogens is 2. The molecule has 0 saturated heterocycles. The Hall–Kier alpha value is -1.14.